The highest BCUT2D eigenvalue weighted by Crippen LogP contribution is 2.40. The van der Waals surface area contributed by atoms with E-state index in [4.69, 9.17) is 33.2 Å². The first-order chi connectivity index (χ1) is 25.1. The second-order valence-electron chi connectivity index (χ2n) is 12.3. The molecule has 0 saturated heterocycles. The first kappa shape index (κ1) is 36.9. The monoisotopic (exact) mass is 692 g/mol. The van der Waals surface area contributed by atoms with Crippen LogP contribution >= 0.6 is 0 Å². The van der Waals surface area contributed by atoms with Crippen molar-refractivity contribution in [2.45, 2.75) is 71.0 Å². The molecule has 1 aliphatic carbocycles. The number of unbranched alkanes of at least 4 members (excludes halogenated alkanes) is 5. The van der Waals surface area contributed by atoms with Gasteiger partial charge in [-0.1, -0.05) is 45.1 Å². The average molecular weight is 693 g/mol. The van der Waals surface area contributed by atoms with Crippen LogP contribution in [0.25, 0.3) is 11.1 Å². The fourth-order valence-electron chi connectivity index (χ4n) is 5.84. The molecule has 0 N–H and O–H groups in total. The first-order valence-corrected chi connectivity index (χ1v) is 17.8. The van der Waals surface area contributed by atoms with Gasteiger partial charge < -0.3 is 33.2 Å². The zero-order valence-electron chi connectivity index (χ0n) is 29.5. The summed E-state index contributed by atoms with van der Waals surface area (Å²) in [6.07, 6.45) is 11.5. The topological polar surface area (TPSA) is 81.7 Å². The Labute approximate surface area is 301 Å². The van der Waals surface area contributed by atoms with Gasteiger partial charge in [-0.15, -0.1) is 0 Å². The maximum Gasteiger partial charge on any atom is 0.343 e. The highest BCUT2D eigenvalue weighted by atomic mass is 16.7. The average Bonchev–Trinajstić information content (AvgIpc) is 3.51. The van der Waals surface area contributed by atoms with Gasteiger partial charge in [-0.3, -0.25) is 0 Å². The Morgan fingerprint density at radius 2 is 1.27 bits per heavy atom. The second kappa shape index (κ2) is 19.7. The number of benzene rings is 4. The minimum Gasteiger partial charge on any atom is -0.502 e. The predicted molar refractivity (Wildman–Crippen MR) is 199 cm³/mol. The van der Waals surface area contributed by atoms with E-state index in [9.17, 15) is 4.79 Å². The fourth-order valence-corrected chi connectivity index (χ4v) is 5.84. The van der Waals surface area contributed by atoms with E-state index in [1.54, 1.807) is 24.3 Å². The molecule has 268 valence electrons. The number of carbonyl (C=O) groups is 1. The lowest BCUT2D eigenvalue weighted by Gasteiger charge is -2.18. The van der Waals surface area contributed by atoms with E-state index in [0.29, 0.717) is 48.2 Å². The Hall–Kier alpha value is -5.37. The van der Waals surface area contributed by atoms with E-state index in [1.165, 1.54) is 12.5 Å². The van der Waals surface area contributed by atoms with Crippen LogP contribution in [0.1, 0.15) is 79.8 Å². The standard InChI is InChI=1S/C43H48O8/c1-4-7-10-13-42(46-6-3)50-37-20-18-36(19-21-37)48-31-49-38-22-24-40-33(29-38)28-34-30-39(23-25-41(34)40)51-43(44)32-14-16-35(17-15-32)47-27-12-9-8-11-26-45-5-2/h5-6,14-25,29-30,42H,2-4,7-13,26-28,31H2,1H3. The molecule has 8 nitrogen and oxygen atoms in total. The summed E-state index contributed by atoms with van der Waals surface area (Å²) in [6.45, 7) is 10.8. The van der Waals surface area contributed by atoms with Crippen LogP contribution in [0.4, 0.5) is 0 Å². The van der Waals surface area contributed by atoms with Gasteiger partial charge in [0.15, 0.2) is 0 Å². The lowest BCUT2D eigenvalue weighted by atomic mass is 10.1. The second-order valence-corrected chi connectivity index (χ2v) is 12.3. The third kappa shape index (κ3) is 11.3. The van der Waals surface area contributed by atoms with Crippen molar-refractivity contribution in [2.24, 2.45) is 0 Å². The number of ether oxygens (including phenoxy) is 7. The first-order valence-electron chi connectivity index (χ1n) is 17.8. The lowest BCUT2D eigenvalue weighted by molar-refractivity contribution is -0.0360. The van der Waals surface area contributed by atoms with Crippen LogP contribution in [0.2, 0.25) is 0 Å². The molecule has 1 atom stereocenters. The third-order valence-corrected chi connectivity index (χ3v) is 8.50. The smallest absolute Gasteiger partial charge is 0.343 e. The van der Waals surface area contributed by atoms with Gasteiger partial charge >= 0.3 is 5.97 Å². The molecular weight excluding hydrogens is 644 g/mol. The Balaban J connectivity index is 1.05. The van der Waals surface area contributed by atoms with Gasteiger partial charge in [-0.2, -0.15) is 0 Å². The van der Waals surface area contributed by atoms with Crippen LogP contribution < -0.4 is 23.7 Å². The third-order valence-electron chi connectivity index (χ3n) is 8.50. The van der Waals surface area contributed by atoms with Gasteiger partial charge in [0.1, 0.15) is 28.7 Å². The molecule has 0 heterocycles. The summed E-state index contributed by atoms with van der Waals surface area (Å²) >= 11 is 0. The molecule has 8 heteroatoms. The highest BCUT2D eigenvalue weighted by Gasteiger charge is 2.21. The van der Waals surface area contributed by atoms with Crippen molar-refractivity contribution in [2.75, 3.05) is 20.0 Å². The van der Waals surface area contributed by atoms with Crippen molar-refractivity contribution in [1.82, 2.24) is 0 Å². The van der Waals surface area contributed by atoms with Gasteiger partial charge in [-0.05, 0) is 134 Å². The van der Waals surface area contributed by atoms with Gasteiger partial charge in [-0.25, -0.2) is 4.79 Å². The van der Waals surface area contributed by atoms with Crippen LogP contribution in [-0.4, -0.2) is 32.3 Å². The molecular formula is C43H48O8. The number of fused-ring (bicyclic) bond motifs is 3. The van der Waals surface area contributed by atoms with E-state index in [1.807, 2.05) is 54.6 Å². The zero-order chi connectivity index (χ0) is 35.7. The highest BCUT2D eigenvalue weighted by molar-refractivity contribution is 5.91. The van der Waals surface area contributed by atoms with E-state index >= 15 is 0 Å². The van der Waals surface area contributed by atoms with Crippen molar-refractivity contribution in [3.63, 3.8) is 0 Å². The van der Waals surface area contributed by atoms with Crippen molar-refractivity contribution in [3.05, 3.63) is 127 Å². The quantitative estimate of drug-likeness (QED) is 0.0220. The summed E-state index contributed by atoms with van der Waals surface area (Å²) in [4.78, 5) is 12.9. The fraction of sp³-hybridized carbons (Fsp3) is 0.326. The van der Waals surface area contributed by atoms with Crippen LogP contribution in [0.3, 0.4) is 0 Å². The number of esters is 1. The molecule has 0 fully saturated rings. The molecule has 0 bridgehead atoms. The van der Waals surface area contributed by atoms with Crippen molar-refractivity contribution in [1.29, 1.82) is 0 Å². The van der Waals surface area contributed by atoms with Gasteiger partial charge in [0.05, 0.1) is 31.3 Å². The molecule has 0 saturated carbocycles. The Kier molecular flexibility index (Phi) is 14.3. The Morgan fingerprint density at radius 3 is 1.98 bits per heavy atom. The molecule has 51 heavy (non-hydrogen) atoms. The summed E-state index contributed by atoms with van der Waals surface area (Å²) in [7, 11) is 0. The molecule has 4 aromatic carbocycles. The van der Waals surface area contributed by atoms with Crippen LogP contribution in [0.5, 0.6) is 28.7 Å². The van der Waals surface area contributed by atoms with Gasteiger partial charge in [0, 0.05) is 6.42 Å². The Bertz CT molecular complexity index is 1700. The molecule has 5 rings (SSSR count). The number of rotatable bonds is 23. The maximum absolute atomic E-state index is 12.9. The van der Waals surface area contributed by atoms with Crippen molar-refractivity contribution < 1.29 is 38.0 Å². The Morgan fingerprint density at radius 1 is 0.667 bits per heavy atom. The summed E-state index contributed by atoms with van der Waals surface area (Å²) in [5.74, 6) is 2.91. The predicted octanol–water partition coefficient (Wildman–Crippen LogP) is 10.4. The molecule has 1 unspecified atom stereocenters. The summed E-state index contributed by atoms with van der Waals surface area (Å²) < 4.78 is 39.9. The summed E-state index contributed by atoms with van der Waals surface area (Å²) in [6, 6.07) is 26.2. The number of hydrogen-bond acceptors (Lipinski definition) is 8. The van der Waals surface area contributed by atoms with Crippen molar-refractivity contribution in [3.8, 4) is 39.9 Å². The number of carbonyl (C=O) groups excluding carboxylic acids is 1. The maximum atomic E-state index is 12.9. The van der Waals surface area contributed by atoms with Crippen LogP contribution in [-0.2, 0) is 15.9 Å². The molecule has 0 aliphatic heterocycles. The normalized spacial score (nSPS) is 11.8. The minimum atomic E-state index is -0.412. The summed E-state index contributed by atoms with van der Waals surface area (Å²) in [5.41, 5.74) is 4.95. The molecule has 0 amide bonds. The number of hydrogen-bond donors (Lipinski definition) is 0. The zero-order valence-corrected chi connectivity index (χ0v) is 29.5. The van der Waals surface area contributed by atoms with Crippen LogP contribution in [0.15, 0.2) is 111 Å². The van der Waals surface area contributed by atoms with E-state index in [-0.39, 0.29) is 13.1 Å². The van der Waals surface area contributed by atoms with Gasteiger partial charge in [0.2, 0.25) is 13.1 Å². The van der Waals surface area contributed by atoms with Gasteiger partial charge in [0.25, 0.3) is 0 Å². The molecule has 0 radical (unpaired) electrons. The molecule has 1 aliphatic rings. The summed E-state index contributed by atoms with van der Waals surface area (Å²) in [5, 5.41) is 0. The lowest BCUT2D eigenvalue weighted by Crippen LogP contribution is -2.18. The van der Waals surface area contributed by atoms with Crippen LogP contribution in [0, 0.1) is 0 Å². The van der Waals surface area contributed by atoms with E-state index in [2.05, 4.69) is 26.1 Å². The minimum absolute atomic E-state index is 0.0608. The molecule has 4 aromatic rings. The van der Waals surface area contributed by atoms with E-state index < -0.39 is 5.97 Å². The SMILES string of the molecule is C=COCCCCCCOc1ccc(C(=O)Oc2ccc3c(c2)Cc2cc(OCOc4ccc(OC(CCCCC)OC=C)cc4)ccc2-3)cc1. The molecule has 0 aromatic heterocycles. The molecule has 0 spiro atoms. The largest absolute Gasteiger partial charge is 0.502 e. The van der Waals surface area contributed by atoms with E-state index in [0.717, 1.165) is 79.4 Å². The van der Waals surface area contributed by atoms with Crippen molar-refractivity contribution >= 4 is 5.97 Å².